The number of primary amides is 1. The third-order valence-electron chi connectivity index (χ3n) is 4.42. The summed E-state index contributed by atoms with van der Waals surface area (Å²) >= 11 is 0. The minimum absolute atomic E-state index is 0.417. The number of guanidine groups is 1. The van der Waals surface area contributed by atoms with Crippen LogP contribution in [0.25, 0.3) is 0 Å². The van der Waals surface area contributed by atoms with E-state index in [2.05, 4.69) is 25.3 Å². The van der Waals surface area contributed by atoms with E-state index in [0.29, 0.717) is 12.1 Å². The molecule has 0 unspecified atom stereocenters. The van der Waals surface area contributed by atoms with Crippen LogP contribution in [0, 0.1) is 0 Å². The first kappa shape index (κ1) is 17.9. The fourth-order valence-corrected chi connectivity index (χ4v) is 3.01. The van der Waals surface area contributed by atoms with Gasteiger partial charge in [0.1, 0.15) is 6.26 Å². The van der Waals surface area contributed by atoms with Crippen LogP contribution in [0.4, 0.5) is 0 Å². The van der Waals surface area contributed by atoms with Crippen molar-refractivity contribution in [2.75, 3.05) is 33.2 Å². The fourth-order valence-electron chi connectivity index (χ4n) is 3.01. The van der Waals surface area contributed by atoms with E-state index in [4.69, 9.17) is 10.3 Å². The highest BCUT2D eigenvalue weighted by atomic mass is 16.5. The molecule has 8 heteroatoms. The highest BCUT2D eigenvalue weighted by molar-refractivity contribution is 5.92. The van der Waals surface area contributed by atoms with E-state index in [1.807, 2.05) is 18.2 Å². The van der Waals surface area contributed by atoms with Crippen LogP contribution in [0.5, 0.6) is 0 Å². The molecule has 3 N–H and O–H groups in total. The van der Waals surface area contributed by atoms with Crippen LogP contribution in [0.2, 0.25) is 0 Å². The Morgan fingerprint density at radius 3 is 2.77 bits per heavy atom. The molecular formula is C18H24N6O2. The molecule has 1 aliphatic rings. The van der Waals surface area contributed by atoms with E-state index in [9.17, 15) is 4.79 Å². The lowest BCUT2D eigenvalue weighted by atomic mass is 10.1. The monoisotopic (exact) mass is 356 g/mol. The zero-order chi connectivity index (χ0) is 18.4. The lowest BCUT2D eigenvalue weighted by Crippen LogP contribution is -2.52. The molecule has 26 heavy (non-hydrogen) atoms. The van der Waals surface area contributed by atoms with Gasteiger partial charge in [-0.2, -0.15) is 0 Å². The summed E-state index contributed by atoms with van der Waals surface area (Å²) in [5.74, 6) is 0.440. The third-order valence-corrected chi connectivity index (χ3v) is 4.42. The fraction of sp³-hybridized carbons (Fsp3) is 0.389. The van der Waals surface area contributed by atoms with Crippen LogP contribution in [0.1, 0.15) is 21.6 Å². The van der Waals surface area contributed by atoms with Gasteiger partial charge < -0.3 is 20.5 Å². The summed E-state index contributed by atoms with van der Waals surface area (Å²) in [5, 5.41) is 7.32. The minimum atomic E-state index is -0.417. The van der Waals surface area contributed by atoms with Gasteiger partial charge in [-0.25, -0.2) is 0 Å². The standard InChI is InChI=1S/C18H24N6O2/c1-20-18(21-12-14-3-2-4-15(11-14)17(19)25)24-8-6-23(7-9-24)13-16-5-10-26-22-16/h2-5,10-11H,6-9,12-13H2,1H3,(H2,19,25)(H,20,21). The van der Waals surface area contributed by atoms with Crippen molar-refractivity contribution in [3.63, 3.8) is 0 Å². The van der Waals surface area contributed by atoms with Crippen LogP contribution in [0.15, 0.2) is 46.1 Å². The van der Waals surface area contributed by atoms with Crippen molar-refractivity contribution in [1.82, 2.24) is 20.3 Å². The maximum absolute atomic E-state index is 11.3. The number of piperazine rings is 1. The smallest absolute Gasteiger partial charge is 0.248 e. The number of hydrogen-bond acceptors (Lipinski definition) is 5. The molecular weight excluding hydrogens is 332 g/mol. The number of carbonyl (C=O) groups excluding carboxylic acids is 1. The summed E-state index contributed by atoms with van der Waals surface area (Å²) in [6.45, 7) is 5.04. The molecule has 1 fully saturated rings. The first-order chi connectivity index (χ1) is 12.7. The van der Waals surface area contributed by atoms with Gasteiger partial charge in [-0.05, 0) is 17.7 Å². The number of nitrogens with two attached hydrogens (primary N) is 1. The Bertz CT molecular complexity index is 751. The van der Waals surface area contributed by atoms with Gasteiger partial charge in [0.2, 0.25) is 5.91 Å². The Labute approximate surface area is 152 Å². The molecule has 0 saturated carbocycles. The average Bonchev–Trinajstić information content (AvgIpc) is 3.17. The number of nitrogens with zero attached hydrogens (tertiary/aromatic N) is 4. The predicted molar refractivity (Wildman–Crippen MR) is 98.5 cm³/mol. The number of rotatable bonds is 5. The second kappa shape index (κ2) is 8.48. The van der Waals surface area contributed by atoms with Crippen LogP contribution in [0.3, 0.4) is 0 Å². The van der Waals surface area contributed by atoms with Crippen molar-refractivity contribution in [2.24, 2.45) is 10.7 Å². The number of benzene rings is 1. The molecule has 1 saturated heterocycles. The van der Waals surface area contributed by atoms with Gasteiger partial charge in [0.05, 0.1) is 5.69 Å². The molecule has 1 aliphatic heterocycles. The summed E-state index contributed by atoms with van der Waals surface area (Å²) in [4.78, 5) is 20.3. The molecule has 0 aliphatic carbocycles. The highest BCUT2D eigenvalue weighted by Crippen LogP contribution is 2.08. The molecule has 0 spiro atoms. The largest absolute Gasteiger partial charge is 0.366 e. The van der Waals surface area contributed by atoms with Crippen molar-refractivity contribution in [2.45, 2.75) is 13.1 Å². The summed E-state index contributed by atoms with van der Waals surface area (Å²) in [6, 6.07) is 9.21. The summed E-state index contributed by atoms with van der Waals surface area (Å²) in [7, 11) is 1.78. The second-order valence-corrected chi connectivity index (χ2v) is 6.22. The van der Waals surface area contributed by atoms with E-state index in [1.54, 1.807) is 25.4 Å². The van der Waals surface area contributed by atoms with E-state index in [-0.39, 0.29) is 0 Å². The van der Waals surface area contributed by atoms with Crippen LogP contribution in [-0.4, -0.2) is 60.0 Å². The Balaban J connectivity index is 1.50. The van der Waals surface area contributed by atoms with Gasteiger partial charge in [0.15, 0.2) is 5.96 Å². The number of amides is 1. The summed E-state index contributed by atoms with van der Waals surface area (Å²) in [6.07, 6.45) is 1.60. The summed E-state index contributed by atoms with van der Waals surface area (Å²) in [5.41, 5.74) is 7.80. The molecule has 1 aromatic carbocycles. The summed E-state index contributed by atoms with van der Waals surface area (Å²) < 4.78 is 4.88. The maximum Gasteiger partial charge on any atom is 0.248 e. The Morgan fingerprint density at radius 1 is 1.31 bits per heavy atom. The van der Waals surface area contributed by atoms with Gasteiger partial charge in [-0.3, -0.25) is 14.7 Å². The molecule has 0 radical (unpaired) electrons. The topological polar surface area (TPSA) is 100.0 Å². The maximum atomic E-state index is 11.3. The lowest BCUT2D eigenvalue weighted by molar-refractivity contribution is 0.1000. The van der Waals surface area contributed by atoms with Gasteiger partial charge in [-0.1, -0.05) is 17.3 Å². The Hall–Kier alpha value is -2.87. The van der Waals surface area contributed by atoms with Gasteiger partial charge in [0, 0.05) is 57.9 Å². The van der Waals surface area contributed by atoms with E-state index in [1.165, 1.54) is 0 Å². The molecule has 2 aromatic rings. The first-order valence-corrected chi connectivity index (χ1v) is 8.61. The normalized spacial score (nSPS) is 15.9. The van der Waals surface area contributed by atoms with Crippen LogP contribution in [-0.2, 0) is 13.1 Å². The minimum Gasteiger partial charge on any atom is -0.366 e. The molecule has 0 atom stereocenters. The number of nitrogens with one attached hydrogen (secondary N) is 1. The van der Waals surface area contributed by atoms with Crippen molar-refractivity contribution >= 4 is 11.9 Å². The van der Waals surface area contributed by atoms with Gasteiger partial charge in [0.25, 0.3) is 0 Å². The average molecular weight is 356 g/mol. The van der Waals surface area contributed by atoms with Crippen molar-refractivity contribution in [3.05, 3.63) is 53.4 Å². The number of aromatic nitrogens is 1. The Morgan fingerprint density at radius 2 is 2.12 bits per heavy atom. The zero-order valence-electron chi connectivity index (χ0n) is 14.9. The SMILES string of the molecule is CN=C(NCc1cccc(C(N)=O)c1)N1CCN(Cc2ccon2)CC1. The lowest BCUT2D eigenvalue weighted by Gasteiger charge is -2.36. The molecule has 2 heterocycles. The molecule has 1 aromatic heterocycles. The van der Waals surface area contributed by atoms with Crippen molar-refractivity contribution in [1.29, 1.82) is 0 Å². The predicted octanol–water partition coefficient (Wildman–Crippen LogP) is 0.667. The number of aliphatic imine (C=N–C) groups is 1. The van der Waals surface area contributed by atoms with Crippen LogP contribution < -0.4 is 11.1 Å². The third kappa shape index (κ3) is 4.60. The van der Waals surface area contributed by atoms with E-state index >= 15 is 0 Å². The van der Waals surface area contributed by atoms with Crippen molar-refractivity contribution in [3.8, 4) is 0 Å². The number of hydrogen-bond donors (Lipinski definition) is 2. The van der Waals surface area contributed by atoms with Crippen molar-refractivity contribution < 1.29 is 9.32 Å². The van der Waals surface area contributed by atoms with Crippen LogP contribution >= 0.6 is 0 Å². The van der Waals surface area contributed by atoms with Gasteiger partial charge >= 0.3 is 0 Å². The molecule has 8 nitrogen and oxygen atoms in total. The second-order valence-electron chi connectivity index (χ2n) is 6.22. The highest BCUT2D eigenvalue weighted by Gasteiger charge is 2.20. The first-order valence-electron chi connectivity index (χ1n) is 8.61. The van der Waals surface area contributed by atoms with Gasteiger partial charge in [-0.15, -0.1) is 0 Å². The van der Waals surface area contributed by atoms with E-state index < -0.39 is 5.91 Å². The Kier molecular flexibility index (Phi) is 5.85. The molecule has 138 valence electrons. The van der Waals surface area contributed by atoms with E-state index in [0.717, 1.165) is 49.9 Å². The number of carbonyl (C=O) groups is 1. The molecule has 0 bridgehead atoms. The molecule has 1 amide bonds. The molecule has 3 rings (SSSR count). The zero-order valence-corrected chi connectivity index (χ0v) is 14.9. The quantitative estimate of drug-likeness (QED) is 0.603.